The predicted octanol–water partition coefficient (Wildman–Crippen LogP) is 3.53. The lowest BCUT2D eigenvalue weighted by Gasteiger charge is -1.91. The van der Waals surface area contributed by atoms with Crippen LogP contribution in [0.15, 0.2) is 40.8 Å². The van der Waals surface area contributed by atoms with Gasteiger partial charge < -0.3 is 9.40 Å². The van der Waals surface area contributed by atoms with Crippen LogP contribution in [0.3, 0.4) is 0 Å². The van der Waals surface area contributed by atoms with E-state index < -0.39 is 0 Å². The maximum atomic E-state index is 9.25. The minimum atomic E-state index is 0.450. The van der Waals surface area contributed by atoms with Crippen LogP contribution >= 0.6 is 0 Å². The van der Waals surface area contributed by atoms with Gasteiger partial charge in [-0.2, -0.15) is 5.26 Å². The van der Waals surface area contributed by atoms with Gasteiger partial charge in [0.1, 0.15) is 23.4 Å². The zero-order valence-corrected chi connectivity index (χ0v) is 10.3. The number of nitrogens with one attached hydrogen (secondary N) is 1. The number of fused-ring (bicyclic) bond motifs is 1. The summed E-state index contributed by atoms with van der Waals surface area (Å²) in [6, 6.07) is 13.5. The Morgan fingerprint density at radius 3 is 2.84 bits per heavy atom. The Hall–Kier alpha value is -2.80. The van der Waals surface area contributed by atoms with Crippen LogP contribution < -0.4 is 0 Å². The molecule has 0 amide bonds. The van der Waals surface area contributed by atoms with Crippen molar-refractivity contribution in [3.63, 3.8) is 0 Å². The van der Waals surface area contributed by atoms with Crippen LogP contribution in [-0.4, -0.2) is 9.97 Å². The zero-order chi connectivity index (χ0) is 13.2. The molecule has 0 aliphatic rings. The first kappa shape index (κ1) is 11.3. The number of furan rings is 1. The fourth-order valence-electron chi connectivity index (χ4n) is 1.91. The van der Waals surface area contributed by atoms with E-state index in [0.717, 1.165) is 16.8 Å². The van der Waals surface area contributed by atoms with Gasteiger partial charge in [-0.1, -0.05) is 12.1 Å². The molecule has 0 unspecified atom stereocenters. The quantitative estimate of drug-likeness (QED) is 0.706. The minimum Gasteiger partial charge on any atom is -0.462 e. The van der Waals surface area contributed by atoms with Gasteiger partial charge >= 0.3 is 0 Å². The molecule has 19 heavy (non-hydrogen) atoms. The minimum absolute atomic E-state index is 0.450. The van der Waals surface area contributed by atoms with E-state index in [1.165, 1.54) is 0 Å². The van der Waals surface area contributed by atoms with Crippen LogP contribution in [0.2, 0.25) is 0 Å². The highest BCUT2D eigenvalue weighted by Gasteiger charge is 2.08. The largest absolute Gasteiger partial charge is 0.462 e. The molecule has 0 atom stereocenters. The molecule has 1 aromatic carbocycles. The third kappa shape index (κ3) is 2.14. The van der Waals surface area contributed by atoms with Crippen molar-refractivity contribution in [3.8, 4) is 6.07 Å². The van der Waals surface area contributed by atoms with E-state index in [-0.39, 0.29) is 0 Å². The summed E-state index contributed by atoms with van der Waals surface area (Å²) >= 11 is 0. The Kier molecular flexibility index (Phi) is 2.66. The standard InChI is InChI=1S/C15H11N3O/c1-10-6-7-12(19-10)8-11(9-16)15-17-13-4-2-3-5-14(13)18-15/h2-8H,1H3,(H,17,18)/b11-8-. The molecule has 2 heterocycles. The van der Waals surface area contributed by atoms with E-state index in [1.54, 1.807) is 6.08 Å². The summed E-state index contributed by atoms with van der Waals surface area (Å²) in [5, 5.41) is 9.25. The number of hydrogen-bond acceptors (Lipinski definition) is 3. The predicted molar refractivity (Wildman–Crippen MR) is 73.0 cm³/mol. The Morgan fingerprint density at radius 1 is 1.32 bits per heavy atom. The van der Waals surface area contributed by atoms with E-state index in [9.17, 15) is 5.26 Å². The highest BCUT2D eigenvalue weighted by atomic mass is 16.3. The number of aryl methyl sites for hydroxylation is 1. The maximum absolute atomic E-state index is 9.25. The van der Waals surface area contributed by atoms with Gasteiger partial charge in [0, 0.05) is 6.08 Å². The number of nitriles is 1. The van der Waals surface area contributed by atoms with E-state index in [0.29, 0.717) is 17.2 Å². The second-order valence-electron chi connectivity index (χ2n) is 4.22. The van der Waals surface area contributed by atoms with Gasteiger partial charge in [-0.25, -0.2) is 4.98 Å². The molecule has 3 aromatic rings. The summed E-state index contributed by atoms with van der Waals surface area (Å²) in [5.74, 6) is 2.01. The number of para-hydroxylation sites is 2. The van der Waals surface area contributed by atoms with Crippen LogP contribution in [0.1, 0.15) is 17.3 Å². The van der Waals surface area contributed by atoms with Crippen molar-refractivity contribution in [2.75, 3.05) is 0 Å². The summed E-state index contributed by atoms with van der Waals surface area (Å²) in [7, 11) is 0. The fraction of sp³-hybridized carbons (Fsp3) is 0.0667. The number of nitrogens with zero attached hydrogens (tertiary/aromatic N) is 2. The van der Waals surface area contributed by atoms with Gasteiger partial charge in [0.25, 0.3) is 0 Å². The Balaban J connectivity index is 2.07. The van der Waals surface area contributed by atoms with Crippen molar-refractivity contribution in [3.05, 3.63) is 53.7 Å². The highest BCUT2D eigenvalue weighted by Crippen LogP contribution is 2.19. The third-order valence-electron chi connectivity index (χ3n) is 2.81. The first-order valence-electron chi connectivity index (χ1n) is 5.89. The monoisotopic (exact) mass is 249 g/mol. The first-order chi connectivity index (χ1) is 9.26. The third-order valence-corrected chi connectivity index (χ3v) is 2.81. The number of imidazole rings is 1. The molecule has 2 aromatic heterocycles. The molecule has 0 radical (unpaired) electrons. The molecule has 4 nitrogen and oxygen atoms in total. The Morgan fingerprint density at radius 2 is 2.16 bits per heavy atom. The highest BCUT2D eigenvalue weighted by molar-refractivity contribution is 5.89. The molecule has 0 spiro atoms. The normalized spacial score (nSPS) is 11.7. The molecule has 0 saturated carbocycles. The van der Waals surface area contributed by atoms with Gasteiger partial charge in [-0.3, -0.25) is 0 Å². The van der Waals surface area contributed by atoms with Crippen LogP contribution in [0.25, 0.3) is 22.7 Å². The number of aromatic amines is 1. The topological polar surface area (TPSA) is 65.6 Å². The number of hydrogen-bond donors (Lipinski definition) is 1. The summed E-state index contributed by atoms with van der Waals surface area (Å²) in [6.45, 7) is 1.87. The SMILES string of the molecule is Cc1ccc(/C=C(/C#N)c2nc3ccccc3[nH]2)o1. The number of rotatable bonds is 2. The summed E-state index contributed by atoms with van der Waals surface area (Å²) in [5.41, 5.74) is 2.20. The lowest BCUT2D eigenvalue weighted by atomic mass is 10.2. The molecule has 0 saturated heterocycles. The van der Waals surface area contributed by atoms with Gasteiger partial charge in [0.2, 0.25) is 0 Å². The molecule has 4 heteroatoms. The molecule has 0 aliphatic heterocycles. The average Bonchev–Trinajstić information content (AvgIpc) is 3.01. The summed E-state index contributed by atoms with van der Waals surface area (Å²) < 4.78 is 5.44. The van der Waals surface area contributed by atoms with Crippen molar-refractivity contribution in [2.24, 2.45) is 0 Å². The molecule has 3 rings (SSSR count). The number of benzene rings is 1. The molecule has 1 N–H and O–H groups in total. The summed E-state index contributed by atoms with van der Waals surface area (Å²) in [4.78, 5) is 7.53. The van der Waals surface area contributed by atoms with Crippen molar-refractivity contribution < 1.29 is 4.42 Å². The van der Waals surface area contributed by atoms with Gasteiger partial charge in [0.05, 0.1) is 16.6 Å². The van der Waals surface area contributed by atoms with Crippen LogP contribution in [0.4, 0.5) is 0 Å². The fourth-order valence-corrected chi connectivity index (χ4v) is 1.91. The molecule has 0 aliphatic carbocycles. The average molecular weight is 249 g/mol. The molecule has 0 bridgehead atoms. The number of aromatic nitrogens is 2. The molecular formula is C15H11N3O. The van der Waals surface area contributed by atoms with Gasteiger partial charge in [-0.15, -0.1) is 0 Å². The van der Waals surface area contributed by atoms with E-state index in [2.05, 4.69) is 16.0 Å². The number of allylic oxidation sites excluding steroid dienone is 1. The van der Waals surface area contributed by atoms with Crippen LogP contribution in [-0.2, 0) is 0 Å². The summed E-state index contributed by atoms with van der Waals surface area (Å²) in [6.07, 6.45) is 1.69. The van der Waals surface area contributed by atoms with Crippen molar-refractivity contribution in [2.45, 2.75) is 6.92 Å². The van der Waals surface area contributed by atoms with Gasteiger partial charge in [0.15, 0.2) is 0 Å². The second kappa shape index (κ2) is 4.46. The van der Waals surface area contributed by atoms with Gasteiger partial charge in [-0.05, 0) is 31.2 Å². The Labute approximate surface area is 110 Å². The smallest absolute Gasteiger partial charge is 0.149 e. The van der Waals surface area contributed by atoms with E-state index in [4.69, 9.17) is 4.42 Å². The molecular weight excluding hydrogens is 238 g/mol. The van der Waals surface area contributed by atoms with Crippen LogP contribution in [0.5, 0.6) is 0 Å². The molecule has 0 fully saturated rings. The van der Waals surface area contributed by atoms with E-state index >= 15 is 0 Å². The zero-order valence-electron chi connectivity index (χ0n) is 10.3. The maximum Gasteiger partial charge on any atom is 0.149 e. The Bertz CT molecular complexity index is 769. The van der Waals surface area contributed by atoms with Crippen LogP contribution in [0, 0.1) is 18.3 Å². The first-order valence-corrected chi connectivity index (χ1v) is 5.89. The lowest BCUT2D eigenvalue weighted by Crippen LogP contribution is -1.84. The second-order valence-corrected chi connectivity index (χ2v) is 4.22. The van der Waals surface area contributed by atoms with E-state index in [1.807, 2.05) is 43.3 Å². The number of H-pyrrole nitrogens is 1. The lowest BCUT2D eigenvalue weighted by molar-refractivity contribution is 0.525. The van der Waals surface area contributed by atoms with Crippen molar-refractivity contribution in [1.29, 1.82) is 5.26 Å². The van der Waals surface area contributed by atoms with Crippen molar-refractivity contribution >= 4 is 22.7 Å². The molecule has 92 valence electrons. The van der Waals surface area contributed by atoms with Crippen molar-refractivity contribution in [1.82, 2.24) is 9.97 Å².